The molecule has 1 aliphatic carbocycles. The standard InChI is InChI=1S/C12H14N4O5/c17-10-4-1-8(2-5-10)13-14-11-6-3-9(15(18)19)7-12(11)16(20)21/h3,6-7,10,14,17H,1-2,4-5H2. The maximum Gasteiger partial charge on any atom is 0.301 e. The molecule has 1 saturated carbocycles. The molecule has 1 aliphatic rings. The molecule has 2 N–H and O–H groups in total. The van der Waals surface area contributed by atoms with Gasteiger partial charge in [0.25, 0.3) is 5.69 Å². The molecule has 0 aliphatic heterocycles. The van der Waals surface area contributed by atoms with Crippen LogP contribution in [0, 0.1) is 20.2 Å². The van der Waals surface area contributed by atoms with Crippen LogP contribution in [0.1, 0.15) is 25.7 Å². The highest BCUT2D eigenvalue weighted by Crippen LogP contribution is 2.29. The normalized spacial score (nSPS) is 18.1. The summed E-state index contributed by atoms with van der Waals surface area (Å²) < 4.78 is 0. The third-order valence-electron chi connectivity index (χ3n) is 3.26. The van der Waals surface area contributed by atoms with Crippen LogP contribution in [0.3, 0.4) is 0 Å². The fourth-order valence-corrected chi connectivity index (χ4v) is 2.07. The summed E-state index contributed by atoms with van der Waals surface area (Å²) in [6.45, 7) is 0. The zero-order valence-electron chi connectivity index (χ0n) is 11.1. The summed E-state index contributed by atoms with van der Waals surface area (Å²) in [5, 5.41) is 35.1. The molecule has 0 unspecified atom stereocenters. The molecule has 0 amide bonds. The lowest BCUT2D eigenvalue weighted by molar-refractivity contribution is -0.393. The summed E-state index contributed by atoms with van der Waals surface area (Å²) >= 11 is 0. The van der Waals surface area contributed by atoms with E-state index in [2.05, 4.69) is 10.5 Å². The van der Waals surface area contributed by atoms with Crippen molar-refractivity contribution in [3.63, 3.8) is 0 Å². The lowest BCUT2D eigenvalue weighted by atomic mass is 9.96. The highest BCUT2D eigenvalue weighted by Gasteiger charge is 2.20. The average molecular weight is 294 g/mol. The molecule has 0 heterocycles. The predicted octanol–water partition coefficient (Wildman–Crippen LogP) is 2.21. The van der Waals surface area contributed by atoms with Crippen LogP contribution in [0.5, 0.6) is 0 Å². The monoisotopic (exact) mass is 294 g/mol. The predicted molar refractivity (Wildman–Crippen MR) is 75.3 cm³/mol. The van der Waals surface area contributed by atoms with E-state index >= 15 is 0 Å². The minimum absolute atomic E-state index is 0.101. The van der Waals surface area contributed by atoms with Crippen molar-refractivity contribution in [2.75, 3.05) is 5.43 Å². The number of anilines is 1. The zero-order valence-corrected chi connectivity index (χ0v) is 11.1. The van der Waals surface area contributed by atoms with Crippen LogP contribution < -0.4 is 5.43 Å². The number of nitrogens with one attached hydrogen (secondary N) is 1. The minimum atomic E-state index is -0.694. The average Bonchev–Trinajstić information content (AvgIpc) is 2.46. The molecular formula is C12H14N4O5. The Kier molecular flexibility index (Phi) is 4.43. The van der Waals surface area contributed by atoms with Gasteiger partial charge in [0.2, 0.25) is 0 Å². The van der Waals surface area contributed by atoms with E-state index in [1.807, 2.05) is 0 Å². The summed E-state index contributed by atoms with van der Waals surface area (Å²) in [5.74, 6) is 0. The second kappa shape index (κ2) is 6.27. The summed E-state index contributed by atoms with van der Waals surface area (Å²) in [5.41, 5.74) is 2.76. The van der Waals surface area contributed by atoms with Gasteiger partial charge in [-0.05, 0) is 31.7 Å². The van der Waals surface area contributed by atoms with E-state index in [4.69, 9.17) is 0 Å². The van der Waals surface area contributed by atoms with Crippen molar-refractivity contribution in [1.82, 2.24) is 0 Å². The van der Waals surface area contributed by atoms with Gasteiger partial charge in [0.15, 0.2) is 0 Å². The van der Waals surface area contributed by atoms with Gasteiger partial charge in [-0.2, -0.15) is 5.10 Å². The zero-order chi connectivity index (χ0) is 15.4. The molecule has 0 bridgehead atoms. The Morgan fingerprint density at radius 1 is 1.19 bits per heavy atom. The largest absolute Gasteiger partial charge is 0.393 e. The van der Waals surface area contributed by atoms with E-state index in [-0.39, 0.29) is 17.5 Å². The van der Waals surface area contributed by atoms with Gasteiger partial charge >= 0.3 is 5.69 Å². The first-order chi connectivity index (χ1) is 9.97. The first kappa shape index (κ1) is 14.9. The van der Waals surface area contributed by atoms with Crippen molar-refractivity contribution in [3.05, 3.63) is 38.4 Å². The van der Waals surface area contributed by atoms with E-state index in [1.54, 1.807) is 0 Å². The smallest absolute Gasteiger partial charge is 0.301 e. The SMILES string of the molecule is O=[N+]([O-])c1ccc(NN=C2CCC(O)CC2)c([N+](=O)[O-])c1. The number of aliphatic hydroxyl groups is 1. The lowest BCUT2D eigenvalue weighted by Crippen LogP contribution is -2.18. The van der Waals surface area contributed by atoms with E-state index < -0.39 is 15.5 Å². The number of aliphatic hydroxyl groups excluding tert-OH is 1. The van der Waals surface area contributed by atoms with Gasteiger partial charge in [-0.25, -0.2) is 0 Å². The highest BCUT2D eigenvalue weighted by molar-refractivity contribution is 5.86. The molecule has 1 aromatic rings. The fourth-order valence-electron chi connectivity index (χ4n) is 2.07. The summed E-state index contributed by atoms with van der Waals surface area (Å²) in [6.07, 6.45) is 2.15. The highest BCUT2D eigenvalue weighted by atomic mass is 16.6. The van der Waals surface area contributed by atoms with E-state index in [1.165, 1.54) is 12.1 Å². The van der Waals surface area contributed by atoms with Crippen LogP contribution in [0.15, 0.2) is 23.3 Å². The Hall–Kier alpha value is -2.55. The molecule has 9 heteroatoms. The van der Waals surface area contributed by atoms with Gasteiger partial charge in [-0.1, -0.05) is 0 Å². The van der Waals surface area contributed by atoms with Crippen molar-refractivity contribution in [1.29, 1.82) is 0 Å². The molecule has 0 saturated heterocycles. The lowest BCUT2D eigenvalue weighted by Gasteiger charge is -2.18. The fraction of sp³-hybridized carbons (Fsp3) is 0.417. The van der Waals surface area contributed by atoms with Gasteiger partial charge in [0.1, 0.15) is 5.69 Å². The van der Waals surface area contributed by atoms with Crippen molar-refractivity contribution < 1.29 is 15.0 Å². The number of hydrogen-bond acceptors (Lipinski definition) is 7. The number of nitro benzene ring substituents is 2. The number of rotatable bonds is 4. The second-order valence-corrected chi connectivity index (χ2v) is 4.74. The quantitative estimate of drug-likeness (QED) is 0.646. The van der Waals surface area contributed by atoms with Gasteiger partial charge in [0.05, 0.1) is 22.0 Å². The Morgan fingerprint density at radius 2 is 1.86 bits per heavy atom. The van der Waals surface area contributed by atoms with Crippen LogP contribution in [-0.2, 0) is 0 Å². The topological polar surface area (TPSA) is 131 Å². The molecule has 2 rings (SSSR count). The van der Waals surface area contributed by atoms with Gasteiger partial charge in [-0.15, -0.1) is 0 Å². The molecule has 0 spiro atoms. The van der Waals surface area contributed by atoms with E-state index in [0.717, 1.165) is 11.8 Å². The minimum Gasteiger partial charge on any atom is -0.393 e. The number of nitrogens with zero attached hydrogens (tertiary/aromatic N) is 3. The number of nitro groups is 2. The number of non-ortho nitro benzene ring substituents is 1. The molecule has 21 heavy (non-hydrogen) atoms. The van der Waals surface area contributed by atoms with Crippen molar-refractivity contribution in [3.8, 4) is 0 Å². The Labute approximate surface area is 119 Å². The summed E-state index contributed by atoms with van der Waals surface area (Å²) in [7, 11) is 0. The van der Waals surface area contributed by atoms with Crippen molar-refractivity contribution in [2.45, 2.75) is 31.8 Å². The third-order valence-corrected chi connectivity index (χ3v) is 3.26. The third kappa shape index (κ3) is 3.72. The van der Waals surface area contributed by atoms with Crippen LogP contribution in [0.4, 0.5) is 17.1 Å². The number of hydrogen-bond donors (Lipinski definition) is 2. The molecule has 1 aromatic carbocycles. The molecule has 1 fully saturated rings. The van der Waals surface area contributed by atoms with E-state index in [0.29, 0.717) is 25.7 Å². The molecule has 0 radical (unpaired) electrons. The van der Waals surface area contributed by atoms with Gasteiger partial charge in [0, 0.05) is 11.8 Å². The maximum atomic E-state index is 11.0. The van der Waals surface area contributed by atoms with Crippen LogP contribution >= 0.6 is 0 Å². The van der Waals surface area contributed by atoms with Crippen molar-refractivity contribution in [2.24, 2.45) is 5.10 Å². The molecule has 112 valence electrons. The maximum absolute atomic E-state index is 11.0. The number of benzene rings is 1. The second-order valence-electron chi connectivity index (χ2n) is 4.74. The Morgan fingerprint density at radius 3 is 2.43 bits per heavy atom. The van der Waals surface area contributed by atoms with Crippen molar-refractivity contribution >= 4 is 22.8 Å². The molecule has 0 aromatic heterocycles. The van der Waals surface area contributed by atoms with Gasteiger partial charge in [-0.3, -0.25) is 25.7 Å². The molecular weight excluding hydrogens is 280 g/mol. The first-order valence-electron chi connectivity index (χ1n) is 6.39. The van der Waals surface area contributed by atoms with E-state index in [9.17, 15) is 25.3 Å². The Balaban J connectivity index is 2.18. The van der Waals surface area contributed by atoms with Crippen LogP contribution in [-0.4, -0.2) is 26.8 Å². The Bertz CT molecular complexity index is 591. The van der Waals surface area contributed by atoms with Crippen LogP contribution in [0.2, 0.25) is 0 Å². The van der Waals surface area contributed by atoms with Gasteiger partial charge < -0.3 is 5.11 Å². The summed E-state index contributed by atoms with van der Waals surface area (Å²) in [6, 6.07) is 3.34. The van der Waals surface area contributed by atoms with Crippen LogP contribution in [0.25, 0.3) is 0 Å². The first-order valence-corrected chi connectivity index (χ1v) is 6.39. The molecule has 9 nitrogen and oxygen atoms in total. The number of hydrazone groups is 1. The molecule has 0 atom stereocenters. The summed E-state index contributed by atoms with van der Waals surface area (Å²) in [4.78, 5) is 20.2.